The van der Waals surface area contributed by atoms with Crippen LogP contribution in [0.2, 0.25) is 0 Å². The first kappa shape index (κ1) is 20.1. The number of nitrogens with one attached hydrogen (secondary N) is 1. The molecule has 0 spiro atoms. The number of benzene rings is 2. The minimum Gasteiger partial charge on any atom is -0.462 e. The molecule has 0 amide bonds. The standard InChI is InChI=1S/C26H27NO3/c1-17-8-6-11-20(16-17)24-23(18(2)27-21-12-7-13-22(28)25(21)24)26(29)30-15-14-19-9-4-3-5-10-19/h3-6,8-11,16,24,27H,7,12-15H2,1-2H3. The highest BCUT2D eigenvalue weighted by molar-refractivity contribution is 6.03. The smallest absolute Gasteiger partial charge is 0.336 e. The molecule has 1 unspecified atom stereocenters. The first-order chi connectivity index (χ1) is 14.5. The van der Waals surface area contributed by atoms with Crippen LogP contribution in [0.15, 0.2) is 77.1 Å². The molecule has 0 saturated heterocycles. The monoisotopic (exact) mass is 401 g/mol. The minimum atomic E-state index is -0.377. The van der Waals surface area contributed by atoms with Crippen LogP contribution in [0.4, 0.5) is 0 Å². The number of esters is 1. The van der Waals surface area contributed by atoms with E-state index >= 15 is 0 Å². The molecule has 1 aliphatic heterocycles. The van der Waals surface area contributed by atoms with Crippen molar-refractivity contribution in [3.8, 4) is 0 Å². The fraction of sp³-hybridized carbons (Fsp3) is 0.308. The summed E-state index contributed by atoms with van der Waals surface area (Å²) in [5.74, 6) is -0.608. The predicted molar refractivity (Wildman–Crippen MR) is 117 cm³/mol. The fourth-order valence-corrected chi connectivity index (χ4v) is 4.42. The maximum atomic E-state index is 13.2. The molecule has 4 heteroatoms. The molecule has 1 atom stereocenters. The van der Waals surface area contributed by atoms with E-state index in [1.54, 1.807) is 0 Å². The second kappa shape index (κ2) is 8.70. The number of carbonyl (C=O) groups is 2. The number of dihydropyridines is 1. The van der Waals surface area contributed by atoms with Gasteiger partial charge >= 0.3 is 5.97 Å². The van der Waals surface area contributed by atoms with Crippen molar-refractivity contribution < 1.29 is 14.3 Å². The zero-order valence-corrected chi connectivity index (χ0v) is 17.5. The van der Waals surface area contributed by atoms with Crippen molar-refractivity contribution in [3.63, 3.8) is 0 Å². The van der Waals surface area contributed by atoms with Crippen LogP contribution in [-0.2, 0) is 20.7 Å². The molecule has 4 rings (SSSR count). The molecule has 2 aromatic rings. The van der Waals surface area contributed by atoms with Gasteiger partial charge in [0.05, 0.1) is 12.2 Å². The first-order valence-corrected chi connectivity index (χ1v) is 10.6. The van der Waals surface area contributed by atoms with Gasteiger partial charge in [0.1, 0.15) is 0 Å². The largest absolute Gasteiger partial charge is 0.462 e. The molecular formula is C26H27NO3. The molecule has 2 aromatic carbocycles. The molecule has 2 aliphatic rings. The number of hydrogen-bond donors (Lipinski definition) is 1. The van der Waals surface area contributed by atoms with Crippen molar-refractivity contribution in [2.75, 3.05) is 6.61 Å². The van der Waals surface area contributed by atoms with Crippen LogP contribution in [-0.4, -0.2) is 18.4 Å². The molecule has 0 radical (unpaired) electrons. The third-order valence-corrected chi connectivity index (χ3v) is 5.84. The van der Waals surface area contributed by atoms with Crippen LogP contribution in [0, 0.1) is 6.92 Å². The number of allylic oxidation sites excluding steroid dienone is 3. The van der Waals surface area contributed by atoms with Gasteiger partial charge in [-0.05, 0) is 37.8 Å². The molecule has 0 bridgehead atoms. The predicted octanol–water partition coefficient (Wildman–Crippen LogP) is 4.75. The van der Waals surface area contributed by atoms with Crippen LogP contribution in [0.25, 0.3) is 0 Å². The lowest BCUT2D eigenvalue weighted by Crippen LogP contribution is -2.34. The molecule has 0 fully saturated rings. The number of ketones is 1. The summed E-state index contributed by atoms with van der Waals surface area (Å²) in [6.45, 7) is 4.23. The first-order valence-electron chi connectivity index (χ1n) is 10.6. The Morgan fingerprint density at radius 3 is 2.63 bits per heavy atom. The van der Waals surface area contributed by atoms with Crippen molar-refractivity contribution in [1.29, 1.82) is 0 Å². The van der Waals surface area contributed by atoms with Gasteiger partial charge in [0.25, 0.3) is 0 Å². The van der Waals surface area contributed by atoms with Crippen LogP contribution in [0.3, 0.4) is 0 Å². The van der Waals surface area contributed by atoms with Crippen molar-refractivity contribution in [2.45, 2.75) is 45.4 Å². The Balaban J connectivity index is 1.64. The summed E-state index contributed by atoms with van der Waals surface area (Å²) in [5.41, 5.74) is 6.20. The SMILES string of the molecule is CC1=C(C(=O)OCCc2ccccc2)C(c2cccc(C)c2)C2=C(CCCC2=O)N1. The maximum Gasteiger partial charge on any atom is 0.336 e. The highest BCUT2D eigenvalue weighted by atomic mass is 16.5. The summed E-state index contributed by atoms with van der Waals surface area (Å²) in [7, 11) is 0. The summed E-state index contributed by atoms with van der Waals surface area (Å²) in [6.07, 6.45) is 2.86. The molecule has 4 nitrogen and oxygen atoms in total. The van der Waals surface area contributed by atoms with E-state index in [1.807, 2.05) is 62.4 Å². The second-order valence-corrected chi connectivity index (χ2v) is 8.05. The van der Waals surface area contributed by atoms with Crippen molar-refractivity contribution in [1.82, 2.24) is 5.32 Å². The van der Waals surface area contributed by atoms with Gasteiger partial charge in [0, 0.05) is 35.7 Å². The van der Waals surface area contributed by atoms with E-state index in [2.05, 4.69) is 11.4 Å². The number of aryl methyl sites for hydroxylation is 1. The third-order valence-electron chi connectivity index (χ3n) is 5.84. The molecule has 0 saturated carbocycles. The molecular weight excluding hydrogens is 374 g/mol. The Bertz CT molecular complexity index is 1030. The van der Waals surface area contributed by atoms with Gasteiger partial charge in [-0.15, -0.1) is 0 Å². The van der Waals surface area contributed by atoms with Crippen molar-refractivity contribution >= 4 is 11.8 Å². The van der Waals surface area contributed by atoms with E-state index in [0.29, 0.717) is 25.0 Å². The summed E-state index contributed by atoms with van der Waals surface area (Å²) in [6, 6.07) is 18.0. The zero-order valence-electron chi connectivity index (χ0n) is 17.5. The number of Topliss-reactive ketones (excluding diaryl/α,β-unsaturated/α-hetero) is 1. The van der Waals surface area contributed by atoms with Crippen molar-refractivity contribution in [2.24, 2.45) is 0 Å². The number of rotatable bonds is 5. The van der Waals surface area contributed by atoms with Crippen LogP contribution in [0.1, 0.15) is 48.8 Å². The summed E-state index contributed by atoms with van der Waals surface area (Å²) < 4.78 is 5.68. The Morgan fingerprint density at radius 1 is 1.07 bits per heavy atom. The topological polar surface area (TPSA) is 55.4 Å². The quantitative estimate of drug-likeness (QED) is 0.735. The van der Waals surface area contributed by atoms with Gasteiger partial charge in [-0.3, -0.25) is 4.79 Å². The van der Waals surface area contributed by atoms with Gasteiger partial charge in [0.2, 0.25) is 0 Å². The van der Waals surface area contributed by atoms with E-state index in [-0.39, 0.29) is 17.7 Å². The maximum absolute atomic E-state index is 13.2. The number of ether oxygens (including phenoxy) is 1. The highest BCUT2D eigenvalue weighted by Crippen LogP contribution is 2.42. The molecule has 154 valence electrons. The van der Waals surface area contributed by atoms with Gasteiger partial charge in [-0.25, -0.2) is 4.79 Å². The Labute approximate surface area is 177 Å². The van der Waals surface area contributed by atoms with E-state index in [0.717, 1.165) is 46.5 Å². The van der Waals surface area contributed by atoms with Crippen LogP contribution in [0.5, 0.6) is 0 Å². The molecule has 30 heavy (non-hydrogen) atoms. The second-order valence-electron chi connectivity index (χ2n) is 8.05. The summed E-state index contributed by atoms with van der Waals surface area (Å²) in [5, 5.41) is 3.34. The van der Waals surface area contributed by atoms with Crippen LogP contribution < -0.4 is 5.32 Å². The molecule has 1 aliphatic carbocycles. The highest BCUT2D eigenvalue weighted by Gasteiger charge is 2.39. The number of hydrogen-bond acceptors (Lipinski definition) is 4. The summed E-state index contributed by atoms with van der Waals surface area (Å²) >= 11 is 0. The van der Waals surface area contributed by atoms with E-state index < -0.39 is 0 Å². The Kier molecular flexibility index (Phi) is 5.84. The lowest BCUT2D eigenvalue weighted by atomic mass is 9.75. The normalized spacial score (nSPS) is 18.7. The van der Waals surface area contributed by atoms with E-state index in [9.17, 15) is 9.59 Å². The van der Waals surface area contributed by atoms with E-state index in [4.69, 9.17) is 4.74 Å². The fourth-order valence-electron chi connectivity index (χ4n) is 4.42. The molecule has 1 N–H and O–H groups in total. The number of carbonyl (C=O) groups excluding carboxylic acids is 2. The lowest BCUT2D eigenvalue weighted by Gasteiger charge is -2.34. The minimum absolute atomic E-state index is 0.123. The third kappa shape index (κ3) is 4.09. The van der Waals surface area contributed by atoms with Crippen molar-refractivity contribution in [3.05, 3.63) is 93.8 Å². The Hall–Kier alpha value is -3.14. The average Bonchev–Trinajstić information content (AvgIpc) is 2.73. The molecule has 0 aromatic heterocycles. The average molecular weight is 402 g/mol. The van der Waals surface area contributed by atoms with Crippen LogP contribution >= 0.6 is 0 Å². The zero-order chi connectivity index (χ0) is 21.1. The molecule has 1 heterocycles. The van der Waals surface area contributed by atoms with Gasteiger partial charge in [-0.2, -0.15) is 0 Å². The van der Waals surface area contributed by atoms with E-state index in [1.165, 1.54) is 0 Å². The van der Waals surface area contributed by atoms with Gasteiger partial charge in [-0.1, -0.05) is 60.2 Å². The summed E-state index contributed by atoms with van der Waals surface area (Å²) in [4.78, 5) is 26.1. The van der Waals surface area contributed by atoms with Gasteiger partial charge in [0.15, 0.2) is 5.78 Å². The lowest BCUT2D eigenvalue weighted by molar-refractivity contribution is -0.139. The van der Waals surface area contributed by atoms with Gasteiger partial charge < -0.3 is 10.1 Å². The Morgan fingerprint density at radius 2 is 1.87 bits per heavy atom.